The van der Waals surface area contributed by atoms with E-state index < -0.39 is 35.5 Å². The number of aromatic carboxylic acids is 3. The van der Waals surface area contributed by atoms with E-state index in [1.54, 1.807) is 85.8 Å². The molecule has 13 aromatic rings. The van der Waals surface area contributed by atoms with Crippen molar-refractivity contribution in [3.8, 4) is 78.3 Å². The highest BCUT2D eigenvalue weighted by atomic mass is 19.3. The molecule has 0 saturated carbocycles. The lowest BCUT2D eigenvalue weighted by Gasteiger charge is -2.13. The van der Waals surface area contributed by atoms with Crippen molar-refractivity contribution in [1.29, 1.82) is 0 Å². The van der Waals surface area contributed by atoms with Crippen LogP contribution in [0.1, 0.15) is 60.3 Å². The summed E-state index contributed by atoms with van der Waals surface area (Å²) in [4.78, 5) is 49.0. The Balaban J connectivity index is 0.000000143. The lowest BCUT2D eigenvalue weighted by Crippen LogP contribution is -2.06. The van der Waals surface area contributed by atoms with Gasteiger partial charge in [0.05, 0.1) is 39.3 Å². The third-order valence-corrected chi connectivity index (χ3v) is 15.7. The van der Waals surface area contributed by atoms with Gasteiger partial charge in [0, 0.05) is 50.9 Å². The summed E-state index contributed by atoms with van der Waals surface area (Å²) in [6.45, 7) is 6.38. The first-order valence-corrected chi connectivity index (χ1v) is 28.8. The Hall–Kier alpha value is -11.6. The zero-order chi connectivity index (χ0) is 65.1. The van der Waals surface area contributed by atoms with E-state index >= 15 is 0 Å². The fourth-order valence-corrected chi connectivity index (χ4v) is 10.8. The van der Waals surface area contributed by atoms with Crippen molar-refractivity contribution in [2.45, 2.75) is 33.6 Å². The summed E-state index contributed by atoms with van der Waals surface area (Å²) in [5, 5.41) is 30.1. The Morgan fingerprint density at radius 3 is 1.35 bits per heavy atom. The monoisotopic (exact) mass is 1230 g/mol. The van der Waals surface area contributed by atoms with Crippen molar-refractivity contribution in [2.75, 3.05) is 0 Å². The van der Waals surface area contributed by atoms with Gasteiger partial charge in [0.25, 0.3) is 5.92 Å². The zero-order valence-electron chi connectivity index (χ0n) is 49.6. The molecule has 0 fully saturated rings. The summed E-state index contributed by atoms with van der Waals surface area (Å²) in [6, 6.07) is 64.3. The van der Waals surface area contributed by atoms with E-state index in [1.165, 1.54) is 72.3 Å². The summed E-state index contributed by atoms with van der Waals surface area (Å²) in [5.74, 6) is -7.99. The number of carboxylic acid groups (broad SMARTS) is 3. The summed E-state index contributed by atoms with van der Waals surface area (Å²) in [7, 11) is 0. The van der Waals surface area contributed by atoms with Crippen LogP contribution in [0.25, 0.3) is 111 Å². The van der Waals surface area contributed by atoms with E-state index in [0.717, 1.165) is 57.0 Å². The number of aromatic nitrogens is 3. The zero-order valence-corrected chi connectivity index (χ0v) is 49.6. The van der Waals surface area contributed by atoms with Gasteiger partial charge in [0.1, 0.15) is 34.3 Å². The Labute approximate surface area is 523 Å². The number of alkyl halides is 2. The number of aryl methyl sites for hydroxylation is 2. The van der Waals surface area contributed by atoms with Crippen molar-refractivity contribution < 1.29 is 56.0 Å². The van der Waals surface area contributed by atoms with Crippen LogP contribution >= 0.6 is 0 Å². The Bertz CT molecular complexity index is 4980. The number of hydrogen-bond donors (Lipinski definition) is 3. The fourth-order valence-electron chi connectivity index (χ4n) is 10.8. The second-order valence-electron chi connectivity index (χ2n) is 22.0. The first-order valence-electron chi connectivity index (χ1n) is 28.8. The van der Waals surface area contributed by atoms with Gasteiger partial charge in [0.2, 0.25) is 0 Å². The summed E-state index contributed by atoms with van der Waals surface area (Å²) < 4.78 is 83.1. The van der Waals surface area contributed by atoms with E-state index in [1.807, 2.05) is 74.5 Å². The number of halogens is 6. The topological polar surface area (TPSA) is 151 Å². The molecule has 3 heterocycles. The highest BCUT2D eigenvalue weighted by molar-refractivity contribution is 6.07. The SMILES string of the molecule is CC(F)(F)c1ccc(-c2ccc(-c3cc(C(=O)O)c4cc(-c5ccc(F)cc5)ccc4n3)cc2)cc1.Cc1ccc(-c2ccc(-c3cc(C(=O)O)c4cccc(F)c4n3)cc2)cc1.Cc1ccc(-c2ccc(-c3nc4c(F)cccc4c(C(=O)O)c3C)cc2)c(F)c1. The molecule has 9 nitrogen and oxygen atoms in total. The van der Waals surface area contributed by atoms with Gasteiger partial charge in [-0.25, -0.2) is 55.7 Å². The number of rotatable bonds is 11. The van der Waals surface area contributed by atoms with Crippen LogP contribution in [0, 0.1) is 44.0 Å². The molecule has 0 bridgehead atoms. The van der Waals surface area contributed by atoms with Gasteiger partial charge in [-0.2, -0.15) is 0 Å². The van der Waals surface area contributed by atoms with Crippen LogP contribution in [0.2, 0.25) is 0 Å². The smallest absolute Gasteiger partial charge is 0.336 e. The number of nitrogens with zero attached hydrogens (tertiary/aromatic N) is 3. The maximum Gasteiger partial charge on any atom is 0.336 e. The first-order chi connectivity index (χ1) is 44.1. The Morgan fingerprint density at radius 1 is 0.380 bits per heavy atom. The molecule has 0 aliphatic carbocycles. The number of carboxylic acids is 3. The minimum Gasteiger partial charge on any atom is -0.478 e. The number of hydrogen-bond acceptors (Lipinski definition) is 6. The fraction of sp³-hybridized carbons (Fsp3) is 0.0649. The van der Waals surface area contributed by atoms with Gasteiger partial charge in [0.15, 0.2) is 0 Å². The van der Waals surface area contributed by atoms with Crippen LogP contribution in [0.4, 0.5) is 26.3 Å². The van der Waals surface area contributed by atoms with Crippen LogP contribution in [-0.2, 0) is 5.92 Å². The molecule has 10 aromatic carbocycles. The maximum absolute atomic E-state index is 14.3. The van der Waals surface area contributed by atoms with Crippen molar-refractivity contribution in [2.24, 2.45) is 0 Å². The van der Waals surface area contributed by atoms with Gasteiger partial charge >= 0.3 is 17.9 Å². The summed E-state index contributed by atoms with van der Waals surface area (Å²) in [5.41, 5.74) is 13.1. The van der Waals surface area contributed by atoms with Crippen molar-refractivity contribution in [3.63, 3.8) is 0 Å². The molecule has 3 N–H and O–H groups in total. The summed E-state index contributed by atoms with van der Waals surface area (Å²) >= 11 is 0. The van der Waals surface area contributed by atoms with E-state index in [0.29, 0.717) is 55.6 Å². The van der Waals surface area contributed by atoms with Crippen molar-refractivity contribution in [1.82, 2.24) is 15.0 Å². The predicted molar refractivity (Wildman–Crippen MR) is 348 cm³/mol. The van der Waals surface area contributed by atoms with Gasteiger partial charge in [-0.3, -0.25) is 0 Å². The standard InChI is InChI=1S/C30H20F3NO2.C24H17F2NO2.C23H16FNO2/c1-30(32,33)23-11-6-19(7-12-23)18-2-4-21(5-3-18)28-17-26(29(35)36)25-16-22(10-15-27(25)34-28)20-8-13-24(31)14-9-20;1-13-6-11-17(20(26)12-13)15-7-9-16(10-8-15)22-14(2)21(24(28)29)18-4-3-5-19(25)23(18)27-22;1-14-5-7-15(8-6-14)16-9-11-17(12-10-16)21-13-19(23(26)27)18-3-2-4-20(24)22(18)25-21/h2-17H,1H3,(H,35,36);3-12H,1-2H3,(H,28,29);2-13H,1H3,(H,26,27). The summed E-state index contributed by atoms with van der Waals surface area (Å²) in [6.07, 6.45) is 0. The normalized spacial score (nSPS) is 11.2. The van der Waals surface area contributed by atoms with Crippen LogP contribution in [-0.4, -0.2) is 48.2 Å². The largest absolute Gasteiger partial charge is 0.478 e. The average molecular weight is 1230 g/mol. The van der Waals surface area contributed by atoms with Gasteiger partial charge < -0.3 is 15.3 Å². The van der Waals surface area contributed by atoms with Gasteiger partial charge in [-0.15, -0.1) is 0 Å². The Kier molecular flexibility index (Phi) is 17.4. The highest BCUT2D eigenvalue weighted by Crippen LogP contribution is 2.36. The molecule has 0 aliphatic heterocycles. The minimum absolute atomic E-state index is 0.0131. The molecule has 0 aliphatic rings. The Morgan fingerprint density at radius 2 is 0.815 bits per heavy atom. The molecule has 3 aromatic heterocycles. The molecule has 15 heteroatoms. The van der Waals surface area contributed by atoms with E-state index in [4.69, 9.17) is 0 Å². The van der Waals surface area contributed by atoms with E-state index in [9.17, 15) is 56.0 Å². The average Bonchev–Trinajstić information content (AvgIpc) is 0.802. The van der Waals surface area contributed by atoms with Crippen LogP contribution in [0.15, 0.2) is 231 Å². The minimum atomic E-state index is -2.90. The second-order valence-corrected chi connectivity index (χ2v) is 22.0. The second kappa shape index (κ2) is 25.9. The van der Waals surface area contributed by atoms with Crippen LogP contribution in [0.3, 0.4) is 0 Å². The third kappa shape index (κ3) is 13.2. The predicted octanol–water partition coefficient (Wildman–Crippen LogP) is 20.1. The van der Waals surface area contributed by atoms with Gasteiger partial charge in [-0.05, 0) is 125 Å². The molecule has 0 saturated heterocycles. The molecule has 13 rings (SSSR count). The van der Waals surface area contributed by atoms with E-state index in [-0.39, 0.29) is 50.3 Å². The third-order valence-electron chi connectivity index (χ3n) is 15.7. The number of benzene rings is 10. The van der Waals surface area contributed by atoms with Crippen LogP contribution < -0.4 is 0 Å². The lowest BCUT2D eigenvalue weighted by atomic mass is 9.96. The number of para-hydroxylation sites is 2. The molecule has 0 amide bonds. The molecular weight excluding hydrogens is 1180 g/mol. The first kappa shape index (κ1) is 62.0. The number of pyridine rings is 3. The van der Waals surface area contributed by atoms with Crippen LogP contribution in [0.5, 0.6) is 0 Å². The molecule has 0 atom stereocenters. The number of carbonyl (C=O) groups is 3. The molecule has 92 heavy (non-hydrogen) atoms. The highest BCUT2D eigenvalue weighted by Gasteiger charge is 2.25. The quantitative estimate of drug-likeness (QED) is 0.108. The van der Waals surface area contributed by atoms with Gasteiger partial charge in [-0.1, -0.05) is 181 Å². The molecule has 0 spiro atoms. The van der Waals surface area contributed by atoms with E-state index in [2.05, 4.69) is 39.2 Å². The van der Waals surface area contributed by atoms with Crippen molar-refractivity contribution >= 4 is 50.6 Å². The maximum atomic E-state index is 14.3. The lowest BCUT2D eigenvalue weighted by molar-refractivity contribution is 0.0174. The molecular formula is C77H53F6N3O6. The molecule has 454 valence electrons. The number of fused-ring (bicyclic) bond motifs is 3. The molecule has 0 radical (unpaired) electrons. The van der Waals surface area contributed by atoms with Crippen molar-refractivity contribution in [3.05, 3.63) is 293 Å². The molecule has 0 unspecified atom stereocenters.